The fourth-order valence-corrected chi connectivity index (χ4v) is 2.75. The molecular formula is C17H25NO2. The van der Waals surface area contributed by atoms with Crippen LogP contribution in [-0.2, 0) is 16.0 Å². The molecule has 110 valence electrons. The van der Waals surface area contributed by atoms with Gasteiger partial charge in [-0.3, -0.25) is 9.69 Å². The number of aryl methyl sites for hydroxylation is 2. The summed E-state index contributed by atoms with van der Waals surface area (Å²) in [7, 11) is 0. The summed E-state index contributed by atoms with van der Waals surface area (Å²) in [5.41, 5.74) is 3.53. The Bertz CT molecular complexity index is 462. The Kier molecular flexibility index (Phi) is 4.95. The van der Waals surface area contributed by atoms with Crippen LogP contribution in [0.25, 0.3) is 0 Å². The van der Waals surface area contributed by atoms with E-state index in [1.165, 1.54) is 11.1 Å². The summed E-state index contributed by atoms with van der Waals surface area (Å²) < 4.78 is 5.68. The Morgan fingerprint density at radius 2 is 2.00 bits per heavy atom. The smallest absolute Gasteiger partial charge is 0.167 e. The average molecular weight is 275 g/mol. The minimum atomic E-state index is -0.273. The Morgan fingerprint density at radius 1 is 1.35 bits per heavy atom. The molecule has 1 unspecified atom stereocenters. The number of hydrogen-bond donors (Lipinski definition) is 0. The Balaban J connectivity index is 2.05. The predicted octanol–water partition coefficient (Wildman–Crippen LogP) is 2.52. The van der Waals surface area contributed by atoms with Crippen LogP contribution in [0.2, 0.25) is 0 Å². The van der Waals surface area contributed by atoms with Gasteiger partial charge in [0.15, 0.2) is 5.78 Å². The van der Waals surface area contributed by atoms with Gasteiger partial charge in [0.05, 0.1) is 6.61 Å². The highest BCUT2D eigenvalue weighted by atomic mass is 16.5. The molecule has 0 radical (unpaired) electrons. The normalized spacial score (nSPS) is 20.4. The van der Waals surface area contributed by atoms with E-state index >= 15 is 0 Å². The van der Waals surface area contributed by atoms with Crippen molar-refractivity contribution in [3.8, 4) is 0 Å². The highest BCUT2D eigenvalue weighted by Gasteiger charge is 2.28. The van der Waals surface area contributed by atoms with Gasteiger partial charge in [-0.2, -0.15) is 0 Å². The van der Waals surface area contributed by atoms with Gasteiger partial charge < -0.3 is 4.74 Å². The zero-order valence-corrected chi connectivity index (χ0v) is 13.0. The second-order valence-corrected chi connectivity index (χ2v) is 5.96. The second kappa shape index (κ2) is 6.51. The number of nitrogens with zero attached hydrogens (tertiary/aromatic N) is 1. The highest BCUT2D eigenvalue weighted by Crippen LogP contribution is 2.17. The van der Waals surface area contributed by atoms with Crippen molar-refractivity contribution in [1.29, 1.82) is 0 Å². The topological polar surface area (TPSA) is 29.5 Å². The van der Waals surface area contributed by atoms with Gasteiger partial charge in [-0.25, -0.2) is 0 Å². The lowest BCUT2D eigenvalue weighted by molar-refractivity contribution is -0.136. The molecule has 0 N–H and O–H groups in total. The molecule has 1 fully saturated rings. The number of Topliss-reactive ketones (excluding diaryl/α,β-unsaturated/α-hetero) is 1. The van der Waals surface area contributed by atoms with Crippen molar-refractivity contribution >= 4 is 5.78 Å². The van der Waals surface area contributed by atoms with E-state index in [0.717, 1.165) is 18.7 Å². The first-order valence-corrected chi connectivity index (χ1v) is 7.42. The number of morpholine rings is 1. The average Bonchev–Trinajstić information content (AvgIpc) is 2.43. The molecule has 1 atom stereocenters. The molecule has 1 heterocycles. The van der Waals surface area contributed by atoms with Crippen molar-refractivity contribution in [2.24, 2.45) is 0 Å². The number of ether oxygens (including phenoxy) is 1. The van der Waals surface area contributed by atoms with Gasteiger partial charge in [0, 0.05) is 25.6 Å². The monoisotopic (exact) mass is 275 g/mol. The maximum atomic E-state index is 12.5. The fraction of sp³-hybridized carbons (Fsp3) is 0.588. The lowest BCUT2D eigenvalue weighted by atomic mass is 9.96. The summed E-state index contributed by atoms with van der Waals surface area (Å²) in [4.78, 5) is 14.8. The summed E-state index contributed by atoms with van der Waals surface area (Å²) in [6.07, 6.45) is 0.208. The lowest BCUT2D eigenvalue weighted by Crippen LogP contribution is -2.49. The number of benzene rings is 1. The van der Waals surface area contributed by atoms with Crippen LogP contribution in [0.3, 0.4) is 0 Å². The van der Waals surface area contributed by atoms with Crippen LogP contribution in [0, 0.1) is 13.8 Å². The van der Waals surface area contributed by atoms with Crippen LogP contribution in [0.15, 0.2) is 18.2 Å². The quantitative estimate of drug-likeness (QED) is 0.845. The molecule has 1 aliphatic heterocycles. The summed E-state index contributed by atoms with van der Waals surface area (Å²) >= 11 is 0. The van der Waals surface area contributed by atoms with Gasteiger partial charge in [0.2, 0.25) is 0 Å². The lowest BCUT2D eigenvalue weighted by Gasteiger charge is -2.34. The van der Waals surface area contributed by atoms with Crippen LogP contribution in [0.5, 0.6) is 0 Å². The summed E-state index contributed by atoms with van der Waals surface area (Å²) in [5, 5.41) is 0. The molecule has 0 amide bonds. The van der Waals surface area contributed by atoms with Gasteiger partial charge in [0.1, 0.15) is 6.10 Å². The number of ketones is 1. The van der Waals surface area contributed by atoms with Gasteiger partial charge >= 0.3 is 0 Å². The SMILES string of the molecule is Cc1cccc(C)c1CC(=O)C1CN(C(C)C)CCO1. The molecular weight excluding hydrogens is 250 g/mol. The maximum Gasteiger partial charge on any atom is 0.167 e. The first-order chi connectivity index (χ1) is 9.49. The van der Waals surface area contributed by atoms with E-state index in [4.69, 9.17) is 4.74 Å². The van der Waals surface area contributed by atoms with E-state index in [0.29, 0.717) is 19.1 Å². The van der Waals surface area contributed by atoms with Gasteiger partial charge in [-0.15, -0.1) is 0 Å². The fourth-order valence-electron chi connectivity index (χ4n) is 2.75. The maximum absolute atomic E-state index is 12.5. The second-order valence-electron chi connectivity index (χ2n) is 5.96. The van der Waals surface area contributed by atoms with Gasteiger partial charge in [-0.1, -0.05) is 18.2 Å². The zero-order chi connectivity index (χ0) is 14.7. The molecule has 1 aromatic rings. The number of rotatable bonds is 4. The van der Waals surface area contributed by atoms with E-state index in [-0.39, 0.29) is 11.9 Å². The first-order valence-electron chi connectivity index (χ1n) is 7.42. The Labute approximate surface area is 121 Å². The number of hydrogen-bond acceptors (Lipinski definition) is 3. The van der Waals surface area contributed by atoms with E-state index in [2.05, 4.69) is 44.7 Å². The largest absolute Gasteiger partial charge is 0.368 e. The van der Waals surface area contributed by atoms with Crippen molar-refractivity contribution in [3.05, 3.63) is 34.9 Å². The van der Waals surface area contributed by atoms with Crippen molar-refractivity contribution in [2.45, 2.75) is 46.3 Å². The molecule has 3 heteroatoms. The van der Waals surface area contributed by atoms with Crippen LogP contribution in [0.4, 0.5) is 0 Å². The van der Waals surface area contributed by atoms with Crippen molar-refractivity contribution in [3.63, 3.8) is 0 Å². The highest BCUT2D eigenvalue weighted by molar-refractivity contribution is 5.86. The van der Waals surface area contributed by atoms with Gasteiger partial charge in [0.25, 0.3) is 0 Å². The van der Waals surface area contributed by atoms with Crippen LogP contribution >= 0.6 is 0 Å². The summed E-state index contributed by atoms with van der Waals surface area (Å²) in [6, 6.07) is 6.64. The molecule has 2 rings (SSSR count). The Morgan fingerprint density at radius 3 is 2.60 bits per heavy atom. The Hall–Kier alpha value is -1.19. The molecule has 0 aromatic heterocycles. The van der Waals surface area contributed by atoms with Crippen molar-refractivity contribution in [1.82, 2.24) is 4.90 Å². The molecule has 0 bridgehead atoms. The van der Waals surface area contributed by atoms with E-state index < -0.39 is 0 Å². The molecule has 0 aliphatic carbocycles. The number of carbonyl (C=O) groups excluding carboxylic acids is 1. The zero-order valence-electron chi connectivity index (χ0n) is 13.0. The molecule has 0 spiro atoms. The molecule has 1 saturated heterocycles. The minimum absolute atomic E-state index is 0.202. The first kappa shape index (κ1) is 15.2. The molecule has 0 saturated carbocycles. The van der Waals surface area contributed by atoms with E-state index in [1.807, 2.05) is 6.07 Å². The molecule has 20 heavy (non-hydrogen) atoms. The van der Waals surface area contributed by atoms with Crippen LogP contribution in [-0.4, -0.2) is 42.5 Å². The summed E-state index contributed by atoms with van der Waals surface area (Å²) in [6.45, 7) is 10.8. The summed E-state index contributed by atoms with van der Waals surface area (Å²) in [5.74, 6) is 0.202. The van der Waals surface area contributed by atoms with E-state index in [9.17, 15) is 4.79 Å². The third-order valence-electron chi connectivity index (χ3n) is 4.18. The third kappa shape index (κ3) is 3.47. The minimum Gasteiger partial charge on any atom is -0.368 e. The predicted molar refractivity (Wildman–Crippen MR) is 81.1 cm³/mol. The van der Waals surface area contributed by atoms with E-state index in [1.54, 1.807) is 0 Å². The third-order valence-corrected chi connectivity index (χ3v) is 4.18. The molecule has 3 nitrogen and oxygen atoms in total. The van der Waals surface area contributed by atoms with Crippen LogP contribution in [0.1, 0.15) is 30.5 Å². The van der Waals surface area contributed by atoms with Crippen molar-refractivity contribution < 1.29 is 9.53 Å². The van der Waals surface area contributed by atoms with Crippen molar-refractivity contribution in [2.75, 3.05) is 19.7 Å². The van der Waals surface area contributed by atoms with Crippen LogP contribution < -0.4 is 0 Å². The van der Waals surface area contributed by atoms with Gasteiger partial charge in [-0.05, 0) is 44.4 Å². The standard InChI is InChI=1S/C17H25NO2/c1-12(2)18-8-9-20-17(11-18)16(19)10-15-13(3)6-5-7-14(15)4/h5-7,12,17H,8-11H2,1-4H3. The molecule has 1 aromatic carbocycles. The number of carbonyl (C=O) groups is 1. The molecule has 1 aliphatic rings.